The van der Waals surface area contributed by atoms with Crippen LogP contribution in [-0.4, -0.2) is 38.5 Å². The van der Waals surface area contributed by atoms with Crippen LogP contribution in [0.15, 0.2) is 36.4 Å². The van der Waals surface area contributed by atoms with Gasteiger partial charge in [0.15, 0.2) is 17.7 Å². The van der Waals surface area contributed by atoms with Crippen molar-refractivity contribution in [2.24, 2.45) is 0 Å². The van der Waals surface area contributed by atoms with Gasteiger partial charge in [-0.3, -0.25) is 4.31 Å². The summed E-state index contributed by atoms with van der Waals surface area (Å²) in [7, 11) is -2.55. The number of fused-ring (bicyclic) bond motifs is 3. The molecule has 0 aromatic heterocycles. The predicted octanol–water partition coefficient (Wildman–Crippen LogP) is 6.31. The van der Waals surface area contributed by atoms with Crippen molar-refractivity contribution in [2.75, 3.05) is 17.7 Å². The molecule has 0 amide bonds. The summed E-state index contributed by atoms with van der Waals surface area (Å²) < 4.78 is 54.3. The van der Waals surface area contributed by atoms with E-state index in [4.69, 9.17) is 9.47 Å². The number of hydrogen-bond donors (Lipinski definition) is 1. The summed E-state index contributed by atoms with van der Waals surface area (Å²) in [4.78, 5) is 12.7. The highest BCUT2D eigenvalue weighted by atomic mass is 32.2. The predicted molar refractivity (Wildman–Crippen MR) is 150 cm³/mol. The molecule has 1 aliphatic rings. The maximum absolute atomic E-state index is 15.6. The Morgan fingerprint density at radius 2 is 1.64 bits per heavy atom. The van der Waals surface area contributed by atoms with E-state index < -0.39 is 33.5 Å². The second-order valence-electron chi connectivity index (χ2n) is 11.0. The molecular weight excluding hydrogens is 521 g/mol. The van der Waals surface area contributed by atoms with E-state index in [0.717, 1.165) is 21.7 Å². The van der Waals surface area contributed by atoms with Crippen LogP contribution in [0.2, 0.25) is 0 Å². The summed E-state index contributed by atoms with van der Waals surface area (Å²) in [5.41, 5.74) is 4.57. The van der Waals surface area contributed by atoms with E-state index in [1.807, 2.05) is 38.1 Å². The van der Waals surface area contributed by atoms with E-state index in [-0.39, 0.29) is 17.9 Å². The minimum Gasteiger partial charge on any atom is -0.494 e. The smallest absolute Gasteiger partial charge is 0.337 e. The van der Waals surface area contributed by atoms with Crippen molar-refractivity contribution in [3.05, 3.63) is 70.0 Å². The molecule has 0 saturated carbocycles. The molecule has 9 heteroatoms. The van der Waals surface area contributed by atoms with E-state index in [0.29, 0.717) is 39.1 Å². The lowest BCUT2D eigenvalue weighted by Gasteiger charge is -2.37. The van der Waals surface area contributed by atoms with Crippen molar-refractivity contribution in [3.8, 4) is 28.0 Å². The molecule has 1 atom stereocenters. The van der Waals surface area contributed by atoms with Gasteiger partial charge in [0, 0.05) is 16.7 Å². The molecule has 1 N–H and O–H groups in total. The first kappa shape index (κ1) is 28.6. The van der Waals surface area contributed by atoms with Gasteiger partial charge in [-0.2, -0.15) is 0 Å². The third-order valence-corrected chi connectivity index (χ3v) is 8.07. The number of sulfonamides is 1. The molecule has 0 radical (unpaired) electrons. The maximum Gasteiger partial charge on any atom is 0.337 e. The molecule has 0 saturated heterocycles. The Bertz CT molecular complexity index is 1570. The number of carboxylic acids is 1. The van der Waals surface area contributed by atoms with Crippen molar-refractivity contribution in [1.82, 2.24) is 0 Å². The molecule has 0 spiro atoms. The topological polar surface area (TPSA) is 93.1 Å². The first-order chi connectivity index (χ1) is 18.1. The number of rotatable bonds is 6. The Morgan fingerprint density at radius 3 is 2.15 bits per heavy atom. The Balaban J connectivity index is 2.23. The minimum absolute atomic E-state index is 0.0138. The minimum atomic E-state index is -3.90. The Labute approximate surface area is 229 Å². The maximum atomic E-state index is 15.6. The van der Waals surface area contributed by atoms with Crippen LogP contribution in [0, 0.1) is 26.6 Å². The van der Waals surface area contributed by atoms with E-state index in [9.17, 15) is 18.3 Å². The van der Waals surface area contributed by atoms with E-state index in [1.165, 1.54) is 13.2 Å². The molecule has 0 fully saturated rings. The zero-order valence-electron chi connectivity index (χ0n) is 23.5. The van der Waals surface area contributed by atoms with Gasteiger partial charge in [-0.25, -0.2) is 17.6 Å². The van der Waals surface area contributed by atoms with Gasteiger partial charge >= 0.3 is 5.97 Å². The van der Waals surface area contributed by atoms with Gasteiger partial charge in [-0.1, -0.05) is 35.9 Å². The first-order valence-electron chi connectivity index (χ1n) is 12.5. The molecule has 3 aromatic carbocycles. The Kier molecular flexibility index (Phi) is 7.29. The zero-order valence-corrected chi connectivity index (χ0v) is 24.3. The number of benzene rings is 3. The average molecular weight is 556 g/mol. The Hall–Kier alpha value is -3.43. The van der Waals surface area contributed by atoms with Gasteiger partial charge in [-0.15, -0.1) is 0 Å². The SMILES string of the molecule is COc1ccc2c(c1F)CN(S(C)(=O)=O)c1c(C)c([C@H](OC(C)(C)C)C(=O)O)c(-c3ccc(C)cc3)c(C)c1-2. The van der Waals surface area contributed by atoms with Crippen molar-refractivity contribution in [1.29, 1.82) is 0 Å². The molecule has 208 valence electrons. The molecular formula is C30H34FNO6S. The van der Waals surface area contributed by atoms with Gasteiger partial charge in [0.2, 0.25) is 10.0 Å². The Morgan fingerprint density at radius 1 is 1.03 bits per heavy atom. The number of nitrogens with zero attached hydrogens (tertiary/aromatic N) is 1. The van der Waals surface area contributed by atoms with Crippen LogP contribution in [0.1, 0.15) is 54.7 Å². The molecule has 0 bridgehead atoms. The van der Waals surface area contributed by atoms with Crippen LogP contribution in [-0.2, 0) is 26.1 Å². The highest BCUT2D eigenvalue weighted by Crippen LogP contribution is 2.52. The fourth-order valence-corrected chi connectivity index (χ4v) is 6.23. The molecule has 0 aliphatic carbocycles. The molecule has 7 nitrogen and oxygen atoms in total. The lowest BCUT2D eigenvalue weighted by Crippen LogP contribution is -2.35. The first-order valence-corrected chi connectivity index (χ1v) is 14.4. The van der Waals surface area contributed by atoms with Crippen LogP contribution in [0.5, 0.6) is 5.75 Å². The van der Waals surface area contributed by atoms with E-state index in [1.54, 1.807) is 33.8 Å². The van der Waals surface area contributed by atoms with Gasteiger partial charge in [-0.05, 0) is 75.4 Å². The number of methoxy groups -OCH3 is 1. The summed E-state index contributed by atoms with van der Waals surface area (Å²) in [5.74, 6) is -1.81. The molecule has 1 aliphatic heterocycles. The van der Waals surface area contributed by atoms with E-state index >= 15 is 4.39 Å². The van der Waals surface area contributed by atoms with Crippen LogP contribution in [0.3, 0.4) is 0 Å². The zero-order chi connectivity index (χ0) is 29.0. The van der Waals surface area contributed by atoms with Crippen LogP contribution in [0.4, 0.5) is 10.1 Å². The van der Waals surface area contributed by atoms with Gasteiger partial charge in [0.1, 0.15) is 0 Å². The fraction of sp³-hybridized carbons (Fsp3) is 0.367. The molecule has 0 unspecified atom stereocenters. The van der Waals surface area contributed by atoms with Crippen LogP contribution in [0.25, 0.3) is 22.3 Å². The lowest BCUT2D eigenvalue weighted by atomic mass is 9.80. The second kappa shape index (κ2) is 9.95. The summed E-state index contributed by atoms with van der Waals surface area (Å²) in [6, 6.07) is 10.9. The summed E-state index contributed by atoms with van der Waals surface area (Å²) in [5, 5.41) is 10.4. The number of carboxylic acid groups (broad SMARTS) is 1. The fourth-order valence-electron chi connectivity index (χ4n) is 5.31. The highest BCUT2D eigenvalue weighted by Gasteiger charge is 2.39. The molecule has 1 heterocycles. The molecule has 3 aromatic rings. The summed E-state index contributed by atoms with van der Waals surface area (Å²) in [6.07, 6.45) is -0.330. The third-order valence-electron chi connectivity index (χ3n) is 6.96. The van der Waals surface area contributed by atoms with Gasteiger partial charge in [0.25, 0.3) is 0 Å². The van der Waals surface area contributed by atoms with Crippen molar-refractivity contribution < 1.29 is 32.2 Å². The number of aliphatic carboxylic acids is 1. The largest absolute Gasteiger partial charge is 0.494 e. The molecule has 4 rings (SSSR count). The number of aryl methyl sites for hydroxylation is 1. The van der Waals surface area contributed by atoms with Crippen LogP contribution < -0.4 is 9.04 Å². The highest BCUT2D eigenvalue weighted by molar-refractivity contribution is 7.92. The summed E-state index contributed by atoms with van der Waals surface area (Å²) >= 11 is 0. The normalized spacial score (nSPS) is 14.0. The standard InChI is InChI=1S/C30H34FNO6S/c1-16-9-11-19(12-10-16)23-17(2)24-20-13-14-22(37-7)26(31)21(20)15-32(39(8,35)36)27(24)18(3)25(23)28(29(33)34)38-30(4,5)6/h9-14,28H,15H2,1-8H3,(H,33,34)/t28-/m0/s1. The van der Waals surface area contributed by atoms with Gasteiger partial charge in [0.05, 0.1) is 31.2 Å². The number of anilines is 1. The number of hydrogen-bond acceptors (Lipinski definition) is 5. The van der Waals surface area contributed by atoms with Crippen LogP contribution >= 0.6 is 0 Å². The average Bonchev–Trinajstić information content (AvgIpc) is 2.83. The molecule has 39 heavy (non-hydrogen) atoms. The number of carbonyl (C=O) groups is 1. The lowest BCUT2D eigenvalue weighted by molar-refractivity contribution is -0.160. The van der Waals surface area contributed by atoms with Crippen molar-refractivity contribution in [3.63, 3.8) is 0 Å². The number of ether oxygens (including phenoxy) is 2. The third kappa shape index (κ3) is 5.13. The monoisotopic (exact) mass is 555 g/mol. The quantitative estimate of drug-likeness (QED) is 0.383. The van der Waals surface area contributed by atoms with Gasteiger partial charge < -0.3 is 14.6 Å². The van der Waals surface area contributed by atoms with Crippen molar-refractivity contribution >= 4 is 21.7 Å². The van der Waals surface area contributed by atoms with E-state index in [2.05, 4.69) is 0 Å². The van der Waals surface area contributed by atoms with Crippen molar-refractivity contribution in [2.45, 2.75) is 59.8 Å². The summed E-state index contributed by atoms with van der Waals surface area (Å²) in [6.45, 7) is 10.5. The number of halogens is 1. The second-order valence-corrected chi connectivity index (χ2v) is 12.9.